The van der Waals surface area contributed by atoms with Gasteiger partial charge in [-0.2, -0.15) is 15.0 Å². The third kappa shape index (κ3) is 2.52. The molecule has 100 valence electrons. The van der Waals surface area contributed by atoms with E-state index in [0.29, 0.717) is 10.8 Å². The summed E-state index contributed by atoms with van der Waals surface area (Å²) in [6.07, 6.45) is 1.55. The zero-order chi connectivity index (χ0) is 14.1. The van der Waals surface area contributed by atoms with Crippen molar-refractivity contribution >= 4 is 34.4 Å². The zero-order valence-electron chi connectivity index (χ0n) is 10.1. The molecule has 0 spiro atoms. The summed E-state index contributed by atoms with van der Waals surface area (Å²) in [5.74, 6) is 0.429. The van der Waals surface area contributed by atoms with Crippen molar-refractivity contribution in [2.45, 2.75) is 0 Å². The molecular weight excluding hydrogens is 280 g/mol. The van der Waals surface area contributed by atoms with Crippen LogP contribution in [-0.2, 0) is 0 Å². The molecule has 0 aliphatic carbocycles. The normalized spacial score (nSPS) is 10.7. The molecule has 0 fully saturated rings. The number of fused-ring (bicyclic) bond motifs is 1. The number of rotatable bonds is 2. The summed E-state index contributed by atoms with van der Waals surface area (Å²) in [4.78, 5) is 15.6. The second-order valence-electron chi connectivity index (χ2n) is 3.94. The average molecular weight is 289 g/mol. The van der Waals surface area contributed by atoms with E-state index in [2.05, 4.69) is 19.9 Å². The van der Waals surface area contributed by atoms with Crippen LogP contribution in [0.25, 0.3) is 10.9 Å². The molecule has 0 amide bonds. The Kier molecular flexibility index (Phi) is 2.96. The van der Waals surface area contributed by atoms with Crippen LogP contribution in [0.5, 0.6) is 11.8 Å². The first-order valence-corrected chi connectivity index (χ1v) is 5.98. The fourth-order valence-electron chi connectivity index (χ4n) is 1.68. The van der Waals surface area contributed by atoms with E-state index in [1.54, 1.807) is 24.4 Å². The minimum absolute atomic E-state index is 0.00991. The number of nitrogen functional groups attached to an aromatic ring is 2. The molecule has 0 saturated carbocycles. The minimum Gasteiger partial charge on any atom is -0.422 e. The Morgan fingerprint density at radius 2 is 1.75 bits per heavy atom. The molecule has 20 heavy (non-hydrogen) atoms. The van der Waals surface area contributed by atoms with E-state index in [1.165, 1.54) is 0 Å². The molecule has 2 aromatic heterocycles. The lowest BCUT2D eigenvalue weighted by molar-refractivity contribution is 0.441. The molecule has 1 aromatic carbocycles. The highest BCUT2D eigenvalue weighted by molar-refractivity contribution is 6.31. The van der Waals surface area contributed by atoms with Gasteiger partial charge < -0.3 is 16.2 Å². The fraction of sp³-hybridized carbons (Fsp3) is 0. The molecule has 4 N–H and O–H groups in total. The van der Waals surface area contributed by atoms with Crippen molar-refractivity contribution in [2.24, 2.45) is 0 Å². The van der Waals surface area contributed by atoms with Crippen molar-refractivity contribution in [3.8, 4) is 11.8 Å². The molecule has 0 bridgehead atoms. The van der Waals surface area contributed by atoms with Crippen LogP contribution in [0.15, 0.2) is 30.5 Å². The van der Waals surface area contributed by atoms with Gasteiger partial charge in [0, 0.05) is 10.4 Å². The van der Waals surface area contributed by atoms with Crippen molar-refractivity contribution in [2.75, 3.05) is 11.5 Å². The van der Waals surface area contributed by atoms with Gasteiger partial charge in [-0.15, -0.1) is 0 Å². The van der Waals surface area contributed by atoms with Gasteiger partial charge in [0.1, 0.15) is 5.75 Å². The molecule has 3 rings (SSSR count). The highest BCUT2D eigenvalue weighted by atomic mass is 35.5. The van der Waals surface area contributed by atoms with E-state index in [1.807, 2.05) is 6.07 Å². The zero-order valence-corrected chi connectivity index (χ0v) is 10.9. The van der Waals surface area contributed by atoms with Gasteiger partial charge >= 0.3 is 6.01 Å². The maximum Gasteiger partial charge on any atom is 0.328 e. The smallest absolute Gasteiger partial charge is 0.328 e. The van der Waals surface area contributed by atoms with Crippen LogP contribution in [0.3, 0.4) is 0 Å². The first kappa shape index (κ1) is 12.4. The molecule has 2 heterocycles. The van der Waals surface area contributed by atoms with E-state index < -0.39 is 0 Å². The molecule has 0 aliphatic rings. The quantitative estimate of drug-likeness (QED) is 0.741. The average Bonchev–Trinajstić information content (AvgIpc) is 2.37. The highest BCUT2D eigenvalue weighted by Crippen LogP contribution is 2.24. The third-order valence-corrected chi connectivity index (χ3v) is 2.71. The summed E-state index contributed by atoms with van der Waals surface area (Å²) in [5, 5.41) is 1.45. The first-order valence-electron chi connectivity index (χ1n) is 5.60. The Morgan fingerprint density at radius 3 is 2.50 bits per heavy atom. The van der Waals surface area contributed by atoms with Gasteiger partial charge in [-0.25, -0.2) is 0 Å². The fourth-order valence-corrected chi connectivity index (χ4v) is 1.86. The molecule has 0 radical (unpaired) electrons. The van der Waals surface area contributed by atoms with Crippen LogP contribution in [0.2, 0.25) is 5.02 Å². The Labute approximate surface area is 118 Å². The van der Waals surface area contributed by atoms with Crippen LogP contribution in [0, 0.1) is 0 Å². The van der Waals surface area contributed by atoms with Crippen LogP contribution >= 0.6 is 11.6 Å². The number of halogens is 1. The van der Waals surface area contributed by atoms with E-state index in [9.17, 15) is 0 Å². The topological polar surface area (TPSA) is 113 Å². The van der Waals surface area contributed by atoms with Crippen LogP contribution < -0.4 is 16.2 Å². The SMILES string of the molecule is Nc1nc(N)nc(Oc2cnc3ccc(Cl)cc3c2)n1. The van der Waals surface area contributed by atoms with E-state index in [0.717, 1.165) is 10.9 Å². The lowest BCUT2D eigenvalue weighted by atomic mass is 10.2. The van der Waals surface area contributed by atoms with Gasteiger partial charge in [-0.05, 0) is 24.3 Å². The van der Waals surface area contributed by atoms with E-state index >= 15 is 0 Å². The maximum absolute atomic E-state index is 5.94. The molecule has 0 aliphatic heterocycles. The predicted octanol–water partition coefficient (Wildman–Crippen LogP) is 2.03. The number of pyridine rings is 1. The van der Waals surface area contributed by atoms with Gasteiger partial charge in [0.05, 0.1) is 11.7 Å². The minimum atomic E-state index is -0.00991. The van der Waals surface area contributed by atoms with Gasteiger partial charge in [-0.1, -0.05) is 11.6 Å². The van der Waals surface area contributed by atoms with Gasteiger partial charge in [0.25, 0.3) is 0 Å². The highest BCUT2D eigenvalue weighted by Gasteiger charge is 2.06. The second kappa shape index (κ2) is 4.78. The number of benzene rings is 1. The first-order chi connectivity index (χ1) is 9.60. The number of hydrogen-bond donors (Lipinski definition) is 2. The summed E-state index contributed by atoms with van der Waals surface area (Å²) in [6.45, 7) is 0. The van der Waals surface area contributed by atoms with Gasteiger partial charge in [0.15, 0.2) is 0 Å². The van der Waals surface area contributed by atoms with E-state index in [-0.39, 0.29) is 17.9 Å². The summed E-state index contributed by atoms with van der Waals surface area (Å²) in [5.41, 5.74) is 11.7. The molecule has 8 heteroatoms. The maximum atomic E-state index is 5.94. The molecule has 0 unspecified atom stereocenters. The monoisotopic (exact) mass is 288 g/mol. The van der Waals surface area contributed by atoms with Crippen molar-refractivity contribution in [3.05, 3.63) is 35.5 Å². The number of nitrogens with zero attached hydrogens (tertiary/aromatic N) is 4. The van der Waals surface area contributed by atoms with Crippen LogP contribution in [-0.4, -0.2) is 19.9 Å². The van der Waals surface area contributed by atoms with Crippen molar-refractivity contribution in [1.82, 2.24) is 19.9 Å². The third-order valence-electron chi connectivity index (χ3n) is 2.48. The van der Waals surface area contributed by atoms with Crippen molar-refractivity contribution in [3.63, 3.8) is 0 Å². The van der Waals surface area contributed by atoms with Gasteiger partial charge in [-0.3, -0.25) is 4.98 Å². The summed E-state index contributed by atoms with van der Waals surface area (Å²) < 4.78 is 5.46. The Hall–Kier alpha value is -2.67. The molecule has 0 saturated heterocycles. The number of hydrogen-bond acceptors (Lipinski definition) is 7. The molecule has 0 atom stereocenters. The second-order valence-corrected chi connectivity index (χ2v) is 4.38. The molecule has 7 nitrogen and oxygen atoms in total. The lowest BCUT2D eigenvalue weighted by Gasteiger charge is -2.05. The Morgan fingerprint density at radius 1 is 1.00 bits per heavy atom. The standard InChI is InChI=1S/C12H9ClN6O/c13-7-1-2-9-6(3-7)4-8(5-16-9)20-12-18-10(14)17-11(15)19-12/h1-5H,(H4,14,15,17,18,19). The van der Waals surface area contributed by atoms with Gasteiger partial charge in [0.2, 0.25) is 11.9 Å². The Bertz CT molecular complexity index is 774. The number of aromatic nitrogens is 4. The lowest BCUT2D eigenvalue weighted by Crippen LogP contribution is -2.04. The molecule has 3 aromatic rings. The number of anilines is 2. The van der Waals surface area contributed by atoms with Crippen LogP contribution in [0.1, 0.15) is 0 Å². The summed E-state index contributed by atoms with van der Waals surface area (Å²) in [7, 11) is 0. The van der Waals surface area contributed by atoms with E-state index in [4.69, 9.17) is 27.8 Å². The van der Waals surface area contributed by atoms with Crippen molar-refractivity contribution in [1.29, 1.82) is 0 Å². The largest absolute Gasteiger partial charge is 0.422 e. The Balaban J connectivity index is 1.97. The summed E-state index contributed by atoms with van der Waals surface area (Å²) >= 11 is 5.94. The summed E-state index contributed by atoms with van der Waals surface area (Å²) in [6, 6.07) is 7.15. The molecular formula is C12H9ClN6O. The number of ether oxygens (including phenoxy) is 1. The predicted molar refractivity (Wildman–Crippen MR) is 75.5 cm³/mol. The number of nitrogens with two attached hydrogens (primary N) is 2. The van der Waals surface area contributed by atoms with Crippen molar-refractivity contribution < 1.29 is 4.74 Å². The van der Waals surface area contributed by atoms with Crippen LogP contribution in [0.4, 0.5) is 11.9 Å².